The molecule has 0 amide bonds. The lowest BCUT2D eigenvalue weighted by atomic mass is 10.1. The number of rotatable bonds is 3. The van der Waals surface area contributed by atoms with Crippen LogP contribution in [0.3, 0.4) is 0 Å². The van der Waals surface area contributed by atoms with Crippen molar-refractivity contribution in [3.63, 3.8) is 0 Å². The Morgan fingerprint density at radius 2 is 1.39 bits per heavy atom. The molecule has 1 N–H and O–H groups in total. The van der Waals surface area contributed by atoms with Gasteiger partial charge in [0.1, 0.15) is 5.75 Å². The summed E-state index contributed by atoms with van der Waals surface area (Å²) in [5.74, 6) is 0.909. The Balaban J connectivity index is 0.000000284. The van der Waals surface area contributed by atoms with E-state index in [2.05, 4.69) is 36.4 Å². The highest BCUT2D eigenvalue weighted by molar-refractivity contribution is 7.86. The van der Waals surface area contributed by atoms with Crippen LogP contribution in [0.4, 0.5) is 13.2 Å². The van der Waals surface area contributed by atoms with Crippen molar-refractivity contribution in [3.05, 3.63) is 65.7 Å². The second-order valence-corrected chi connectivity index (χ2v) is 5.84. The van der Waals surface area contributed by atoms with Crippen LogP contribution in [-0.4, -0.2) is 25.6 Å². The molecule has 4 nitrogen and oxygen atoms in total. The standard InChI is InChI=1S/C14H14O.CHF3O3S/c1-15-14-9-7-13(8-10-14)11-12-5-3-2-4-6-12;2-1(3,4)8(5,6)7/h2-10H,11H2,1H3;(H,5,6,7). The maximum absolute atomic E-state index is 10.7. The number of hydrogen-bond donors (Lipinski definition) is 1. The predicted molar refractivity (Wildman–Crippen MR) is 79.8 cm³/mol. The van der Waals surface area contributed by atoms with Gasteiger partial charge in [0.25, 0.3) is 0 Å². The molecule has 2 aromatic rings. The van der Waals surface area contributed by atoms with Crippen molar-refractivity contribution in [2.45, 2.75) is 11.9 Å². The first-order valence-corrected chi connectivity index (χ1v) is 7.78. The van der Waals surface area contributed by atoms with Crippen LogP contribution in [0.25, 0.3) is 0 Å². The Kier molecular flexibility index (Phi) is 6.59. The van der Waals surface area contributed by atoms with Gasteiger partial charge in [0, 0.05) is 0 Å². The summed E-state index contributed by atoms with van der Waals surface area (Å²) in [4.78, 5) is 0. The van der Waals surface area contributed by atoms with Crippen LogP contribution in [0.1, 0.15) is 11.1 Å². The normalized spacial score (nSPS) is 11.3. The third kappa shape index (κ3) is 6.70. The lowest BCUT2D eigenvalue weighted by Crippen LogP contribution is -2.21. The third-order valence-electron chi connectivity index (χ3n) is 2.70. The highest BCUT2D eigenvalue weighted by Gasteiger charge is 2.44. The van der Waals surface area contributed by atoms with Crippen LogP contribution < -0.4 is 4.74 Å². The lowest BCUT2D eigenvalue weighted by Gasteiger charge is -2.03. The molecule has 0 atom stereocenters. The van der Waals surface area contributed by atoms with Crippen LogP contribution in [0, 0.1) is 0 Å². The zero-order valence-corrected chi connectivity index (χ0v) is 12.9. The SMILES string of the molecule is COc1ccc(Cc2ccccc2)cc1.O=S(=O)(O)C(F)(F)F. The summed E-state index contributed by atoms with van der Waals surface area (Å²) in [7, 11) is -4.15. The zero-order chi connectivity index (χ0) is 17.5. The molecule has 0 aliphatic heterocycles. The molecule has 0 saturated carbocycles. The van der Waals surface area contributed by atoms with E-state index >= 15 is 0 Å². The third-order valence-corrected chi connectivity index (χ3v) is 3.29. The summed E-state index contributed by atoms with van der Waals surface area (Å²) in [6.45, 7) is 0. The molecule has 0 saturated heterocycles. The highest BCUT2D eigenvalue weighted by Crippen LogP contribution is 2.20. The van der Waals surface area contributed by atoms with Crippen molar-refractivity contribution in [2.24, 2.45) is 0 Å². The molecule has 0 aliphatic carbocycles. The van der Waals surface area contributed by atoms with Crippen LogP contribution in [0.15, 0.2) is 54.6 Å². The van der Waals surface area contributed by atoms with E-state index in [0.29, 0.717) is 0 Å². The van der Waals surface area contributed by atoms with Crippen molar-refractivity contribution >= 4 is 10.1 Å². The first-order chi connectivity index (χ1) is 10.6. The molecular formula is C15H15F3O4S. The van der Waals surface area contributed by atoms with Gasteiger partial charge in [0.05, 0.1) is 7.11 Å². The summed E-state index contributed by atoms with van der Waals surface area (Å²) < 4.78 is 62.7. The summed E-state index contributed by atoms with van der Waals surface area (Å²) in [6.07, 6.45) is 0.977. The molecule has 0 aliphatic rings. The van der Waals surface area contributed by atoms with Gasteiger partial charge >= 0.3 is 15.6 Å². The minimum absolute atomic E-state index is 0.909. The van der Waals surface area contributed by atoms with Gasteiger partial charge in [-0.15, -0.1) is 0 Å². The molecule has 0 fully saturated rings. The zero-order valence-electron chi connectivity index (χ0n) is 12.1. The molecule has 0 unspecified atom stereocenters. The smallest absolute Gasteiger partial charge is 0.497 e. The van der Waals surface area contributed by atoms with E-state index in [1.807, 2.05) is 18.2 Å². The summed E-state index contributed by atoms with van der Waals surface area (Å²) in [5.41, 5.74) is -2.89. The molecule has 0 heterocycles. The molecule has 0 spiro atoms. The van der Waals surface area contributed by atoms with E-state index < -0.39 is 15.6 Å². The predicted octanol–water partition coefficient (Wildman–Crippen LogP) is 3.68. The second kappa shape index (κ2) is 7.98. The molecule has 8 heteroatoms. The molecule has 126 valence electrons. The van der Waals surface area contributed by atoms with Gasteiger partial charge < -0.3 is 4.74 Å². The van der Waals surface area contributed by atoms with Crippen molar-refractivity contribution in [2.75, 3.05) is 7.11 Å². The Morgan fingerprint density at radius 1 is 0.957 bits per heavy atom. The van der Waals surface area contributed by atoms with E-state index in [-0.39, 0.29) is 0 Å². The first kappa shape index (κ1) is 19.0. The summed E-state index contributed by atoms with van der Waals surface area (Å²) in [5, 5.41) is 0. The monoisotopic (exact) mass is 348 g/mol. The number of halogens is 3. The van der Waals surface area contributed by atoms with Gasteiger partial charge in [-0.05, 0) is 29.7 Å². The summed E-state index contributed by atoms with van der Waals surface area (Å²) >= 11 is 0. The van der Waals surface area contributed by atoms with Crippen molar-refractivity contribution in [3.8, 4) is 5.75 Å². The average molecular weight is 348 g/mol. The molecule has 0 aromatic heterocycles. The van der Waals surface area contributed by atoms with Gasteiger partial charge in [0.15, 0.2) is 0 Å². The molecule has 0 bridgehead atoms. The quantitative estimate of drug-likeness (QED) is 0.679. The number of ether oxygens (including phenoxy) is 1. The van der Waals surface area contributed by atoms with Crippen LogP contribution in [0.2, 0.25) is 0 Å². The topological polar surface area (TPSA) is 63.6 Å². The Labute approximate surface area is 132 Å². The van der Waals surface area contributed by atoms with E-state index in [9.17, 15) is 13.2 Å². The average Bonchev–Trinajstić information content (AvgIpc) is 2.48. The van der Waals surface area contributed by atoms with E-state index in [1.165, 1.54) is 11.1 Å². The van der Waals surface area contributed by atoms with E-state index in [4.69, 9.17) is 17.7 Å². The van der Waals surface area contributed by atoms with Gasteiger partial charge in [-0.25, -0.2) is 0 Å². The van der Waals surface area contributed by atoms with Gasteiger partial charge in [-0.2, -0.15) is 21.6 Å². The summed E-state index contributed by atoms with van der Waals surface area (Å²) in [6, 6.07) is 18.7. The van der Waals surface area contributed by atoms with Crippen molar-refractivity contribution in [1.82, 2.24) is 0 Å². The fourth-order valence-corrected chi connectivity index (χ4v) is 1.57. The van der Waals surface area contributed by atoms with Crippen molar-refractivity contribution in [1.29, 1.82) is 0 Å². The fourth-order valence-electron chi connectivity index (χ4n) is 1.57. The second-order valence-electron chi connectivity index (χ2n) is 4.43. The van der Waals surface area contributed by atoms with Gasteiger partial charge in [-0.1, -0.05) is 42.5 Å². The molecule has 0 radical (unpaired) electrons. The maximum Gasteiger partial charge on any atom is 0.522 e. The Hall–Kier alpha value is -2.06. The fraction of sp³-hybridized carbons (Fsp3) is 0.200. The Morgan fingerprint density at radius 3 is 1.78 bits per heavy atom. The highest BCUT2D eigenvalue weighted by atomic mass is 32.2. The lowest BCUT2D eigenvalue weighted by molar-refractivity contribution is -0.0510. The van der Waals surface area contributed by atoms with Crippen molar-refractivity contribution < 1.29 is 30.9 Å². The van der Waals surface area contributed by atoms with Gasteiger partial charge in [-0.3, -0.25) is 4.55 Å². The van der Waals surface area contributed by atoms with Crippen LogP contribution in [-0.2, 0) is 16.5 Å². The number of alkyl halides is 3. The van der Waals surface area contributed by atoms with E-state index in [1.54, 1.807) is 7.11 Å². The molecule has 2 rings (SSSR count). The number of benzene rings is 2. The molecular weight excluding hydrogens is 333 g/mol. The number of hydrogen-bond acceptors (Lipinski definition) is 3. The molecule has 23 heavy (non-hydrogen) atoms. The first-order valence-electron chi connectivity index (χ1n) is 6.34. The van der Waals surface area contributed by atoms with Crippen LogP contribution in [0.5, 0.6) is 5.75 Å². The minimum atomic E-state index is -5.84. The Bertz CT molecular complexity index is 696. The number of methoxy groups -OCH3 is 1. The van der Waals surface area contributed by atoms with E-state index in [0.717, 1.165) is 12.2 Å². The maximum atomic E-state index is 10.7. The minimum Gasteiger partial charge on any atom is -0.497 e. The van der Waals surface area contributed by atoms with Gasteiger partial charge in [0.2, 0.25) is 0 Å². The van der Waals surface area contributed by atoms with Crippen LogP contribution >= 0.6 is 0 Å². The molecule has 2 aromatic carbocycles. The largest absolute Gasteiger partial charge is 0.522 e.